The van der Waals surface area contributed by atoms with Crippen molar-refractivity contribution in [3.05, 3.63) is 168 Å². The number of fused-ring (bicyclic) bond motifs is 8. The number of nitrogens with zero attached hydrogens (tertiary/aromatic N) is 1. The summed E-state index contributed by atoms with van der Waals surface area (Å²) in [5.41, 5.74) is 13.5. The predicted octanol–water partition coefficient (Wildman–Crippen LogP) is 11.8. The number of nitrogens with one attached hydrogen (secondary N) is 3. The van der Waals surface area contributed by atoms with Gasteiger partial charge in [-0.25, -0.2) is 4.98 Å². The Hall–Kier alpha value is -7.31. The van der Waals surface area contributed by atoms with Gasteiger partial charge in [0.05, 0.1) is 22.3 Å². The summed E-state index contributed by atoms with van der Waals surface area (Å²) in [4.78, 5) is 45.2. The van der Waals surface area contributed by atoms with Gasteiger partial charge in [-0.2, -0.15) is 0 Å². The van der Waals surface area contributed by atoms with Crippen molar-refractivity contribution in [2.45, 2.75) is 26.7 Å². The second kappa shape index (κ2) is 14.0. The van der Waals surface area contributed by atoms with E-state index in [1.807, 2.05) is 86.6 Å². The summed E-state index contributed by atoms with van der Waals surface area (Å²) in [6.45, 7) is 3.98. The largest absolute Gasteiger partial charge is 0.354 e. The quantitative estimate of drug-likeness (QED) is 0.167. The molecule has 0 amide bonds. The zero-order chi connectivity index (χ0) is 39.4. The van der Waals surface area contributed by atoms with Crippen molar-refractivity contribution >= 4 is 62.3 Å². The molecule has 4 aromatic heterocycles. The van der Waals surface area contributed by atoms with Crippen LogP contribution in [0.3, 0.4) is 0 Å². The Morgan fingerprint density at radius 2 is 0.828 bits per heavy atom. The van der Waals surface area contributed by atoms with Gasteiger partial charge in [0, 0.05) is 68.1 Å². The first-order valence-corrected chi connectivity index (χ1v) is 19.7. The molecule has 0 unspecified atom stereocenters. The number of aromatic amines is 3. The fraction of sp³-hybridized carbons (Fsp3) is 0.0962. The SMILES string of the molecule is CC1(C)CC(=O)C(=c2[nH]c3cc2c(-c2ccccc2)c2ccc([nH]2)c(-c2ccccc2)c2nc(c(-c4ccccc4)c4ccc([nH]4)c3-c3ccccc3)C=C2)C(=O)C1. The van der Waals surface area contributed by atoms with Crippen molar-refractivity contribution in [2.75, 3.05) is 0 Å². The standard InChI is InChI=1S/C52H40N4O2/c1-52(2)30-44(57)50(45(58)31-52)51-36-29-43(56-51)49(35-21-13-6-14-22-35)42-28-27-41(55-42)48(34-19-11-5-12-20-34)40-26-25-39(54-40)47(33-17-9-4-10-18-33)38-24-23-37(53-38)46(36)32-15-7-3-8-16-32/h3-29,53,55-56H,30-31H2,1-2H3. The van der Waals surface area contributed by atoms with Crippen molar-refractivity contribution < 1.29 is 9.59 Å². The number of carbonyl (C=O) groups excluding carboxylic acids is 2. The van der Waals surface area contributed by atoms with E-state index in [-0.39, 0.29) is 30.0 Å². The molecule has 8 bridgehead atoms. The summed E-state index contributed by atoms with van der Waals surface area (Å²) in [5.74, 6) is -0.297. The molecule has 5 heterocycles. The third kappa shape index (κ3) is 6.20. The third-order valence-electron chi connectivity index (χ3n) is 11.3. The number of ketones is 2. The Balaban J connectivity index is 1.47. The van der Waals surface area contributed by atoms with Gasteiger partial charge in [-0.15, -0.1) is 0 Å². The molecule has 58 heavy (non-hydrogen) atoms. The maximum absolute atomic E-state index is 14.2. The van der Waals surface area contributed by atoms with Crippen LogP contribution >= 0.6 is 0 Å². The Kier molecular flexibility index (Phi) is 8.49. The minimum atomic E-state index is -0.424. The van der Waals surface area contributed by atoms with E-state index >= 15 is 0 Å². The van der Waals surface area contributed by atoms with E-state index in [1.54, 1.807) is 0 Å². The molecule has 0 radical (unpaired) electrons. The molecule has 0 atom stereocenters. The maximum atomic E-state index is 14.2. The Bertz CT molecular complexity index is 3130. The monoisotopic (exact) mass is 752 g/mol. The summed E-state index contributed by atoms with van der Waals surface area (Å²) in [6, 6.07) is 51.7. The lowest BCUT2D eigenvalue weighted by atomic mass is 9.74. The lowest BCUT2D eigenvalue weighted by Crippen LogP contribution is -2.34. The highest BCUT2D eigenvalue weighted by atomic mass is 16.2. The number of rotatable bonds is 4. The normalized spacial score (nSPS) is 14.3. The zero-order valence-electron chi connectivity index (χ0n) is 32.3. The van der Waals surface area contributed by atoms with E-state index in [1.165, 1.54) is 0 Å². The molecule has 6 nitrogen and oxygen atoms in total. The van der Waals surface area contributed by atoms with Crippen LogP contribution in [0.15, 0.2) is 152 Å². The lowest BCUT2D eigenvalue weighted by molar-refractivity contribution is -0.124. The van der Waals surface area contributed by atoms with Crippen LogP contribution in [0.2, 0.25) is 0 Å². The predicted molar refractivity (Wildman–Crippen MR) is 237 cm³/mol. The molecule has 280 valence electrons. The first-order valence-electron chi connectivity index (χ1n) is 19.7. The van der Waals surface area contributed by atoms with Crippen molar-refractivity contribution in [3.63, 3.8) is 0 Å². The number of H-pyrrole nitrogens is 3. The second-order valence-corrected chi connectivity index (χ2v) is 16.0. The molecule has 6 heteroatoms. The molecule has 10 rings (SSSR count). The molecular formula is C52H40N4O2. The van der Waals surface area contributed by atoms with Gasteiger partial charge in [-0.1, -0.05) is 135 Å². The molecule has 0 spiro atoms. The molecular weight excluding hydrogens is 713 g/mol. The average molecular weight is 753 g/mol. The van der Waals surface area contributed by atoms with Crippen LogP contribution in [0.25, 0.3) is 95.2 Å². The lowest BCUT2D eigenvalue weighted by Gasteiger charge is -2.28. The van der Waals surface area contributed by atoms with Crippen LogP contribution in [-0.2, 0) is 9.59 Å². The fourth-order valence-corrected chi connectivity index (χ4v) is 8.75. The van der Waals surface area contributed by atoms with Crippen LogP contribution in [0.1, 0.15) is 38.1 Å². The molecule has 0 saturated heterocycles. The number of carbonyl (C=O) groups is 2. The van der Waals surface area contributed by atoms with Gasteiger partial charge in [0.15, 0.2) is 11.6 Å². The Morgan fingerprint density at radius 3 is 1.28 bits per heavy atom. The minimum absolute atomic E-state index is 0.149. The number of aromatic nitrogens is 4. The molecule has 1 aliphatic carbocycles. The van der Waals surface area contributed by atoms with Crippen LogP contribution in [0, 0.1) is 5.41 Å². The first-order chi connectivity index (χ1) is 28.3. The summed E-state index contributed by atoms with van der Waals surface area (Å²) in [6.07, 6.45) is 4.77. The minimum Gasteiger partial charge on any atom is -0.354 e. The highest BCUT2D eigenvalue weighted by Crippen LogP contribution is 2.39. The second-order valence-electron chi connectivity index (χ2n) is 16.0. The van der Waals surface area contributed by atoms with Crippen LogP contribution in [0.4, 0.5) is 0 Å². The van der Waals surface area contributed by atoms with Crippen molar-refractivity contribution in [2.24, 2.45) is 5.41 Å². The zero-order valence-corrected chi connectivity index (χ0v) is 32.3. The van der Waals surface area contributed by atoms with E-state index < -0.39 is 5.41 Å². The number of benzene rings is 4. The highest BCUT2D eigenvalue weighted by Gasteiger charge is 2.36. The maximum Gasteiger partial charge on any atom is 0.169 e. The number of hydrogen-bond acceptors (Lipinski definition) is 3. The topological polar surface area (TPSA) is 94.4 Å². The van der Waals surface area contributed by atoms with E-state index in [0.717, 1.165) is 88.9 Å². The average Bonchev–Trinajstić information content (AvgIpc) is 4.07. The van der Waals surface area contributed by atoms with E-state index in [0.29, 0.717) is 5.35 Å². The summed E-state index contributed by atoms with van der Waals surface area (Å²) in [7, 11) is 0. The summed E-state index contributed by atoms with van der Waals surface area (Å²) >= 11 is 0. The van der Waals surface area contributed by atoms with Crippen molar-refractivity contribution in [1.29, 1.82) is 0 Å². The Labute approximate surface area is 335 Å². The Morgan fingerprint density at radius 1 is 0.448 bits per heavy atom. The molecule has 1 fully saturated rings. The molecule has 3 N–H and O–H groups in total. The van der Waals surface area contributed by atoms with Gasteiger partial charge in [-0.3, -0.25) is 9.59 Å². The molecule has 8 aromatic rings. The molecule has 2 aliphatic rings. The van der Waals surface area contributed by atoms with Crippen LogP contribution in [-0.4, -0.2) is 31.5 Å². The van der Waals surface area contributed by atoms with Gasteiger partial charge < -0.3 is 15.0 Å². The highest BCUT2D eigenvalue weighted by molar-refractivity contribution is 6.43. The van der Waals surface area contributed by atoms with Gasteiger partial charge >= 0.3 is 0 Å². The molecule has 1 saturated carbocycles. The van der Waals surface area contributed by atoms with Crippen LogP contribution in [0.5, 0.6) is 0 Å². The number of Topliss-reactive ketones (excluding diaryl/α,β-unsaturated/α-hetero) is 2. The summed E-state index contributed by atoms with van der Waals surface area (Å²) < 4.78 is 0. The summed E-state index contributed by atoms with van der Waals surface area (Å²) in [5, 5.41) is 1.30. The smallest absolute Gasteiger partial charge is 0.169 e. The van der Waals surface area contributed by atoms with E-state index in [2.05, 4.69) is 106 Å². The van der Waals surface area contributed by atoms with Crippen molar-refractivity contribution in [1.82, 2.24) is 19.9 Å². The fourth-order valence-electron chi connectivity index (χ4n) is 8.75. The van der Waals surface area contributed by atoms with Gasteiger partial charge in [0.2, 0.25) is 0 Å². The van der Waals surface area contributed by atoms with Gasteiger partial charge in [-0.05, 0) is 70.2 Å². The van der Waals surface area contributed by atoms with E-state index in [9.17, 15) is 9.59 Å². The van der Waals surface area contributed by atoms with Gasteiger partial charge in [0.1, 0.15) is 0 Å². The van der Waals surface area contributed by atoms with E-state index in [4.69, 9.17) is 4.98 Å². The van der Waals surface area contributed by atoms with Crippen molar-refractivity contribution in [3.8, 4) is 44.5 Å². The number of hydrogen-bond donors (Lipinski definition) is 3. The molecule has 1 aliphatic heterocycles. The van der Waals surface area contributed by atoms with Gasteiger partial charge in [0.25, 0.3) is 0 Å². The first kappa shape index (κ1) is 35.1. The third-order valence-corrected chi connectivity index (χ3v) is 11.3. The molecule has 4 aromatic carbocycles. The van der Waals surface area contributed by atoms with Crippen LogP contribution < -0.4 is 5.35 Å².